The van der Waals surface area contributed by atoms with Gasteiger partial charge in [-0.1, -0.05) is 0 Å². The molecule has 120 valence electrons. The molecule has 0 aliphatic carbocycles. The van der Waals surface area contributed by atoms with Crippen molar-refractivity contribution in [1.29, 1.82) is 0 Å². The van der Waals surface area contributed by atoms with Gasteiger partial charge in [0.2, 0.25) is 0 Å². The molecule has 0 aliphatic heterocycles. The van der Waals surface area contributed by atoms with Gasteiger partial charge in [0.05, 0.1) is 17.3 Å². The quantitative estimate of drug-likeness (QED) is 0.628. The predicted molar refractivity (Wildman–Crippen MR) is 93.0 cm³/mol. The summed E-state index contributed by atoms with van der Waals surface area (Å²) in [5.74, 6) is 2.07. The molecule has 4 rings (SSSR count). The summed E-state index contributed by atoms with van der Waals surface area (Å²) in [7, 11) is 3.90. The van der Waals surface area contributed by atoms with Crippen LogP contribution in [-0.4, -0.2) is 29.3 Å². The third-order valence-electron chi connectivity index (χ3n) is 3.95. The van der Waals surface area contributed by atoms with Crippen LogP contribution < -0.4 is 5.32 Å². The van der Waals surface area contributed by atoms with E-state index in [9.17, 15) is 0 Å². The Kier molecular flexibility index (Phi) is 3.26. The van der Waals surface area contributed by atoms with Crippen molar-refractivity contribution >= 4 is 22.5 Å². The fourth-order valence-corrected chi connectivity index (χ4v) is 2.77. The van der Waals surface area contributed by atoms with Crippen molar-refractivity contribution < 1.29 is 0 Å². The summed E-state index contributed by atoms with van der Waals surface area (Å²) < 4.78 is 3.82. The molecule has 0 fully saturated rings. The van der Waals surface area contributed by atoms with Gasteiger partial charge in [-0.3, -0.25) is 4.68 Å². The van der Waals surface area contributed by atoms with Gasteiger partial charge < -0.3 is 9.88 Å². The number of aromatic nitrogens is 6. The van der Waals surface area contributed by atoms with E-state index in [2.05, 4.69) is 43.1 Å². The minimum absolute atomic E-state index is 0.629. The average molecular weight is 319 g/mol. The van der Waals surface area contributed by atoms with Crippen molar-refractivity contribution in [3.05, 3.63) is 48.7 Å². The topological polar surface area (TPSA) is 73.5 Å². The first-order valence-corrected chi connectivity index (χ1v) is 7.61. The second kappa shape index (κ2) is 5.45. The Bertz CT molecular complexity index is 1030. The van der Waals surface area contributed by atoms with E-state index in [1.807, 2.05) is 38.6 Å². The molecule has 7 nitrogen and oxygen atoms in total. The largest absolute Gasteiger partial charge is 0.350 e. The Hall–Kier alpha value is -3.22. The number of nitrogens with one attached hydrogen (secondary N) is 1. The SMILES string of the molecule is Cc1cn(C)c2cc(Nc3ccnc(-c4cnn(C)c4)n3)ncc12. The average Bonchev–Trinajstić information content (AvgIpc) is 3.12. The second-order valence-electron chi connectivity index (χ2n) is 5.80. The van der Waals surface area contributed by atoms with E-state index < -0.39 is 0 Å². The first-order valence-electron chi connectivity index (χ1n) is 7.61. The smallest absolute Gasteiger partial charge is 0.164 e. The van der Waals surface area contributed by atoms with E-state index in [-0.39, 0.29) is 0 Å². The summed E-state index contributed by atoms with van der Waals surface area (Å²) in [5, 5.41) is 8.56. The van der Waals surface area contributed by atoms with E-state index in [1.54, 1.807) is 17.1 Å². The van der Waals surface area contributed by atoms with Crippen LogP contribution in [0.15, 0.2) is 43.1 Å². The summed E-state index contributed by atoms with van der Waals surface area (Å²) in [6.07, 6.45) is 9.34. The zero-order valence-electron chi connectivity index (χ0n) is 13.7. The fourth-order valence-electron chi connectivity index (χ4n) is 2.77. The predicted octanol–water partition coefficient (Wildman–Crippen LogP) is 2.82. The van der Waals surface area contributed by atoms with Gasteiger partial charge >= 0.3 is 0 Å². The molecule has 0 aliphatic rings. The standard InChI is InChI=1S/C17H17N7/c1-11-9-23(2)14-6-16(19-8-13(11)14)21-15-4-5-18-17(22-15)12-7-20-24(3)10-12/h4-10H,1-3H3,(H,18,19,21,22). The van der Waals surface area contributed by atoms with Gasteiger partial charge in [0.15, 0.2) is 5.82 Å². The summed E-state index contributed by atoms with van der Waals surface area (Å²) in [5.41, 5.74) is 3.22. The summed E-state index contributed by atoms with van der Waals surface area (Å²) in [4.78, 5) is 13.3. The van der Waals surface area contributed by atoms with Gasteiger partial charge in [-0.2, -0.15) is 5.10 Å². The minimum atomic E-state index is 0.629. The molecule has 0 saturated heterocycles. The van der Waals surface area contributed by atoms with Gasteiger partial charge in [-0.25, -0.2) is 15.0 Å². The number of rotatable bonds is 3. The van der Waals surface area contributed by atoms with Crippen LogP contribution in [0.2, 0.25) is 0 Å². The Balaban J connectivity index is 1.67. The van der Waals surface area contributed by atoms with Crippen LogP contribution in [0.3, 0.4) is 0 Å². The molecular formula is C17H17N7. The number of hydrogen-bond donors (Lipinski definition) is 1. The van der Waals surface area contributed by atoms with Crippen molar-refractivity contribution in [3.63, 3.8) is 0 Å². The molecule has 4 aromatic heterocycles. The lowest BCUT2D eigenvalue weighted by atomic mass is 10.2. The number of hydrogen-bond acceptors (Lipinski definition) is 5. The lowest BCUT2D eigenvalue weighted by Gasteiger charge is -2.06. The zero-order chi connectivity index (χ0) is 16.7. The first-order chi connectivity index (χ1) is 11.6. The van der Waals surface area contributed by atoms with Gasteiger partial charge in [0.25, 0.3) is 0 Å². The van der Waals surface area contributed by atoms with Crippen molar-refractivity contribution in [2.45, 2.75) is 6.92 Å². The third kappa shape index (κ3) is 2.50. The van der Waals surface area contributed by atoms with Gasteiger partial charge in [-0.15, -0.1) is 0 Å². The van der Waals surface area contributed by atoms with Crippen LogP contribution in [-0.2, 0) is 14.1 Å². The molecule has 0 bridgehead atoms. The van der Waals surface area contributed by atoms with Crippen LogP contribution in [0.1, 0.15) is 5.56 Å². The summed E-state index contributed by atoms with van der Waals surface area (Å²) in [6, 6.07) is 3.84. The molecule has 7 heteroatoms. The lowest BCUT2D eigenvalue weighted by molar-refractivity contribution is 0.768. The highest BCUT2D eigenvalue weighted by Crippen LogP contribution is 2.23. The van der Waals surface area contributed by atoms with Crippen LogP contribution in [0.25, 0.3) is 22.3 Å². The molecule has 0 saturated carbocycles. The molecular weight excluding hydrogens is 302 g/mol. The molecule has 24 heavy (non-hydrogen) atoms. The lowest BCUT2D eigenvalue weighted by Crippen LogP contribution is -1.98. The molecule has 1 N–H and O–H groups in total. The van der Waals surface area contributed by atoms with Crippen molar-refractivity contribution in [2.75, 3.05) is 5.32 Å². The highest BCUT2D eigenvalue weighted by Gasteiger charge is 2.08. The maximum atomic E-state index is 4.54. The maximum Gasteiger partial charge on any atom is 0.164 e. The molecule has 4 heterocycles. The van der Waals surface area contributed by atoms with E-state index in [0.717, 1.165) is 22.3 Å². The highest BCUT2D eigenvalue weighted by atomic mass is 15.2. The molecule has 4 aromatic rings. The normalized spacial score (nSPS) is 11.1. The highest BCUT2D eigenvalue weighted by molar-refractivity contribution is 5.85. The van der Waals surface area contributed by atoms with Gasteiger partial charge in [-0.05, 0) is 18.6 Å². The Morgan fingerprint density at radius 3 is 2.71 bits per heavy atom. The molecule has 0 aromatic carbocycles. The molecule has 0 radical (unpaired) electrons. The number of pyridine rings is 1. The van der Waals surface area contributed by atoms with Crippen molar-refractivity contribution in [3.8, 4) is 11.4 Å². The third-order valence-corrected chi connectivity index (χ3v) is 3.95. The fraction of sp³-hybridized carbons (Fsp3) is 0.176. The molecule has 0 spiro atoms. The number of anilines is 2. The number of aryl methyl sites for hydroxylation is 3. The molecule has 0 atom stereocenters. The zero-order valence-corrected chi connectivity index (χ0v) is 13.7. The summed E-state index contributed by atoms with van der Waals surface area (Å²) >= 11 is 0. The van der Waals surface area contributed by atoms with Crippen LogP contribution in [0.4, 0.5) is 11.6 Å². The molecule has 0 unspecified atom stereocenters. The van der Waals surface area contributed by atoms with E-state index in [1.165, 1.54) is 5.56 Å². The Morgan fingerprint density at radius 1 is 1.04 bits per heavy atom. The van der Waals surface area contributed by atoms with Gasteiger partial charge in [0.1, 0.15) is 11.6 Å². The van der Waals surface area contributed by atoms with Crippen molar-refractivity contribution in [2.24, 2.45) is 14.1 Å². The number of fused-ring (bicyclic) bond motifs is 1. The molecule has 0 amide bonds. The first kappa shape index (κ1) is 14.4. The minimum Gasteiger partial charge on any atom is -0.350 e. The summed E-state index contributed by atoms with van der Waals surface area (Å²) in [6.45, 7) is 2.09. The Labute approximate surface area is 139 Å². The van der Waals surface area contributed by atoms with E-state index >= 15 is 0 Å². The van der Waals surface area contributed by atoms with Crippen LogP contribution in [0, 0.1) is 6.92 Å². The van der Waals surface area contributed by atoms with Crippen molar-refractivity contribution in [1.82, 2.24) is 29.3 Å². The van der Waals surface area contributed by atoms with E-state index in [4.69, 9.17) is 0 Å². The number of nitrogens with zero attached hydrogens (tertiary/aromatic N) is 6. The monoisotopic (exact) mass is 319 g/mol. The van der Waals surface area contributed by atoms with Crippen LogP contribution >= 0.6 is 0 Å². The maximum absolute atomic E-state index is 4.54. The van der Waals surface area contributed by atoms with Crippen LogP contribution in [0.5, 0.6) is 0 Å². The second-order valence-corrected chi connectivity index (χ2v) is 5.80. The van der Waals surface area contributed by atoms with Gasteiger partial charge in [0, 0.05) is 50.3 Å². The van der Waals surface area contributed by atoms with E-state index in [0.29, 0.717) is 11.6 Å². The Morgan fingerprint density at radius 2 is 1.92 bits per heavy atom.